The molecule has 4 heterocycles. The summed E-state index contributed by atoms with van der Waals surface area (Å²) in [6, 6.07) is 18.4. The highest BCUT2D eigenvalue weighted by Gasteiger charge is 2.63. The molecule has 0 bridgehead atoms. The number of benzene rings is 3. The predicted octanol–water partition coefficient (Wildman–Crippen LogP) is 7.96. The number of carbonyl (C=O) groups excluding carboxylic acids is 4. The van der Waals surface area contributed by atoms with Crippen LogP contribution in [0.2, 0.25) is 10.0 Å². The Morgan fingerprint density at radius 3 is 1.62 bits per heavy atom. The molecule has 4 atom stereocenters. The summed E-state index contributed by atoms with van der Waals surface area (Å²) in [7, 11) is 3.23. The molecule has 18 heteroatoms. The Hall–Kier alpha value is -6.20. The van der Waals surface area contributed by atoms with Crippen LogP contribution < -0.4 is 15.6 Å². The molecular weight excluding hydrogens is 962 g/mol. The van der Waals surface area contributed by atoms with E-state index in [1.165, 1.54) is 35.2 Å². The highest BCUT2D eigenvalue weighted by Crippen LogP contribution is 2.54. The van der Waals surface area contributed by atoms with E-state index in [0.29, 0.717) is 45.0 Å². The number of aryl methyl sites for hydroxylation is 2. The van der Waals surface area contributed by atoms with Crippen molar-refractivity contribution in [3.63, 3.8) is 0 Å². The van der Waals surface area contributed by atoms with Crippen molar-refractivity contribution in [1.82, 2.24) is 18.9 Å². The minimum atomic E-state index is -0.891. The molecule has 2 fully saturated rings. The second-order valence-corrected chi connectivity index (χ2v) is 19.3. The van der Waals surface area contributed by atoms with Gasteiger partial charge in [0.25, 0.3) is 11.8 Å². The molecule has 1 N–H and O–H groups in total. The molecule has 2 aromatic heterocycles. The Kier molecular flexibility index (Phi) is 15.0. The summed E-state index contributed by atoms with van der Waals surface area (Å²) in [6.45, 7) is 6.48. The molecular formula is C53H54Cl2F2N4O10. The Bertz CT molecular complexity index is 3040. The summed E-state index contributed by atoms with van der Waals surface area (Å²) in [6.07, 6.45) is 4.22. The van der Waals surface area contributed by atoms with Crippen molar-refractivity contribution in [2.24, 2.45) is 11.8 Å². The first-order valence-corrected chi connectivity index (χ1v) is 24.3. The molecule has 14 nitrogen and oxygen atoms in total. The molecule has 9 rings (SSSR count). The smallest absolute Gasteiger partial charge is 0.275 e. The zero-order chi connectivity index (χ0) is 50.9. The lowest BCUT2D eigenvalue weighted by Crippen LogP contribution is -2.52. The van der Waals surface area contributed by atoms with E-state index >= 15 is 0 Å². The maximum absolute atomic E-state index is 14.4. The topological polar surface area (TPSA) is 167 Å². The molecule has 71 heavy (non-hydrogen) atoms. The van der Waals surface area contributed by atoms with Gasteiger partial charge >= 0.3 is 0 Å². The molecule has 2 spiro atoms. The third-order valence-corrected chi connectivity index (χ3v) is 14.8. The first-order chi connectivity index (χ1) is 34.0. The number of carbonyl (C=O) groups is 4. The summed E-state index contributed by atoms with van der Waals surface area (Å²) >= 11 is 11.7. The number of fused-ring (bicyclic) bond motifs is 2. The van der Waals surface area contributed by atoms with Crippen LogP contribution in [-0.4, -0.2) is 99.0 Å². The number of hydrogen-bond donors (Lipinski definition) is 1. The van der Waals surface area contributed by atoms with Crippen molar-refractivity contribution in [2.45, 2.75) is 83.1 Å². The Morgan fingerprint density at radius 1 is 0.676 bits per heavy atom. The number of hydrogen-bond acceptors (Lipinski definition) is 10. The van der Waals surface area contributed by atoms with Crippen LogP contribution in [0.5, 0.6) is 11.5 Å². The average Bonchev–Trinajstić information content (AvgIpc) is 4.24. The van der Waals surface area contributed by atoms with Crippen molar-refractivity contribution in [2.75, 3.05) is 40.5 Å². The SMILES string of the molecule is CCN1C(=O)c2c(O)c(=O)c(C(=O)CCc3cccc(Cl)c3F)cn2C[C@@]12C[C@@H]2COC.CCN1C(=O)c2c(OCc3ccccc3)c(=O)c(C(=O)CCc3cccc(Cl)c3F)cn2C[C@@]12C[C@@H]2COC. The van der Waals surface area contributed by atoms with Crippen LogP contribution in [0.25, 0.3) is 0 Å². The van der Waals surface area contributed by atoms with E-state index in [0.717, 1.165) is 18.4 Å². The van der Waals surface area contributed by atoms with Gasteiger partial charge in [-0.3, -0.25) is 28.8 Å². The number of aromatic nitrogens is 2. The lowest BCUT2D eigenvalue weighted by Gasteiger charge is -2.39. The first kappa shape index (κ1) is 51.2. The Balaban J connectivity index is 0.000000194. The van der Waals surface area contributed by atoms with Gasteiger partial charge in [-0.25, -0.2) is 8.78 Å². The second-order valence-electron chi connectivity index (χ2n) is 18.4. The molecule has 2 aliphatic carbocycles. The van der Waals surface area contributed by atoms with E-state index in [4.69, 9.17) is 37.4 Å². The van der Waals surface area contributed by atoms with Crippen LogP contribution in [0.1, 0.15) is 97.9 Å². The zero-order valence-corrected chi connectivity index (χ0v) is 41.3. The fraction of sp³-hybridized carbons (Fsp3) is 0.396. The number of pyridine rings is 2. The molecule has 0 unspecified atom stereocenters. The maximum atomic E-state index is 14.4. The monoisotopic (exact) mass is 1010 g/mol. The zero-order valence-electron chi connectivity index (χ0n) is 39.8. The van der Waals surface area contributed by atoms with Gasteiger partial charge in [0.15, 0.2) is 34.5 Å². The predicted molar refractivity (Wildman–Crippen MR) is 261 cm³/mol. The van der Waals surface area contributed by atoms with Crippen molar-refractivity contribution in [1.29, 1.82) is 0 Å². The standard InChI is InChI=1S/C30H30ClFN2O5.C23H24ClFN2O5/c1-3-34-29(37)26-28(39-16-19-8-5-4-6-9-19)27(36)22(15-33(26)18-30(34)14-21(30)17-38-2)24(35)13-12-20-10-7-11-23(31)25(20)32;1-3-27-22(31)19-21(30)20(29)15(10-26(19)12-23(27)9-14(23)11-32-2)17(28)8-7-13-5-4-6-16(24)18(13)25/h4-11,15,21H,3,12-14,16-18H2,1-2H3;4-6,10,14,30H,3,7-9,11-12H2,1-2H3/t21-,30-;14-,23-/m11/s1. The van der Waals surface area contributed by atoms with Crippen molar-refractivity contribution in [3.05, 3.63) is 160 Å². The first-order valence-electron chi connectivity index (χ1n) is 23.5. The number of amides is 2. The third kappa shape index (κ3) is 9.66. The second kappa shape index (κ2) is 20.9. The van der Waals surface area contributed by atoms with Gasteiger partial charge in [0.1, 0.15) is 18.2 Å². The molecule has 4 aliphatic rings. The lowest BCUT2D eigenvalue weighted by atomic mass is 10.00. The number of rotatable bonds is 17. The van der Waals surface area contributed by atoms with Gasteiger partial charge < -0.3 is 38.3 Å². The molecule has 2 amide bonds. The fourth-order valence-electron chi connectivity index (χ4n) is 10.4. The van der Waals surface area contributed by atoms with Gasteiger partial charge in [0, 0.05) is 77.5 Å². The lowest BCUT2D eigenvalue weighted by molar-refractivity contribution is 0.0481. The van der Waals surface area contributed by atoms with E-state index in [-0.39, 0.29) is 93.9 Å². The normalized spacial score (nSPS) is 20.6. The quantitative estimate of drug-likeness (QED) is 0.0904. The summed E-state index contributed by atoms with van der Waals surface area (Å²) in [5.74, 6) is -3.49. The molecule has 3 aromatic carbocycles. The van der Waals surface area contributed by atoms with Gasteiger partial charge in [0.2, 0.25) is 10.9 Å². The molecule has 5 aromatic rings. The number of methoxy groups -OCH3 is 2. The molecule has 374 valence electrons. The Labute approximate surface area is 418 Å². The van der Waals surface area contributed by atoms with Gasteiger partial charge in [-0.05, 0) is 68.4 Å². The number of likely N-dealkylation sites (N-methyl/N-ethyl adjacent to an activating group) is 2. The fourth-order valence-corrected chi connectivity index (χ4v) is 10.8. The van der Waals surface area contributed by atoms with Crippen LogP contribution in [0.15, 0.2) is 88.7 Å². The molecule has 0 radical (unpaired) electrons. The van der Waals surface area contributed by atoms with E-state index in [9.17, 15) is 42.7 Å². The minimum Gasteiger partial charge on any atom is -0.503 e. The van der Waals surface area contributed by atoms with E-state index in [2.05, 4.69) is 0 Å². The van der Waals surface area contributed by atoms with Crippen molar-refractivity contribution >= 4 is 46.6 Å². The Morgan fingerprint density at radius 2 is 1.14 bits per heavy atom. The summed E-state index contributed by atoms with van der Waals surface area (Å²) < 4.78 is 48.4. The minimum absolute atomic E-state index is 0.0234. The van der Waals surface area contributed by atoms with Crippen LogP contribution in [0.4, 0.5) is 8.78 Å². The maximum Gasteiger partial charge on any atom is 0.275 e. The number of Topliss-reactive ketones (excluding diaryl/α,β-unsaturated/α-hetero) is 2. The summed E-state index contributed by atoms with van der Waals surface area (Å²) in [5, 5.41) is 10.5. The van der Waals surface area contributed by atoms with Crippen molar-refractivity contribution in [3.8, 4) is 11.5 Å². The van der Waals surface area contributed by atoms with Crippen LogP contribution in [-0.2, 0) is 42.0 Å². The van der Waals surface area contributed by atoms with Crippen LogP contribution in [0, 0.1) is 23.5 Å². The molecule has 2 saturated carbocycles. The van der Waals surface area contributed by atoms with Crippen molar-refractivity contribution < 1.29 is 47.3 Å². The molecule has 2 aliphatic heterocycles. The van der Waals surface area contributed by atoms with Gasteiger partial charge in [0.05, 0.1) is 45.5 Å². The summed E-state index contributed by atoms with van der Waals surface area (Å²) in [4.78, 5) is 83.0. The largest absolute Gasteiger partial charge is 0.503 e. The number of aromatic hydroxyl groups is 1. The van der Waals surface area contributed by atoms with Gasteiger partial charge in [-0.1, -0.05) is 77.8 Å². The number of nitrogens with zero attached hydrogens (tertiary/aromatic N) is 4. The van der Waals surface area contributed by atoms with E-state index < -0.39 is 56.8 Å². The van der Waals surface area contributed by atoms with E-state index in [1.54, 1.807) is 46.8 Å². The van der Waals surface area contributed by atoms with Gasteiger partial charge in [-0.15, -0.1) is 0 Å². The van der Waals surface area contributed by atoms with E-state index in [1.807, 2.05) is 44.2 Å². The average molecular weight is 1020 g/mol. The third-order valence-electron chi connectivity index (χ3n) is 14.3. The van der Waals surface area contributed by atoms with Crippen LogP contribution in [0.3, 0.4) is 0 Å². The van der Waals surface area contributed by atoms with Gasteiger partial charge in [-0.2, -0.15) is 0 Å². The number of ketones is 2. The summed E-state index contributed by atoms with van der Waals surface area (Å²) in [5.41, 5.74) is -1.32. The molecule has 0 saturated heterocycles. The highest BCUT2D eigenvalue weighted by atomic mass is 35.5. The number of ether oxygens (including phenoxy) is 3. The number of halogens is 4. The van der Waals surface area contributed by atoms with Crippen LogP contribution >= 0.6 is 23.2 Å². The highest BCUT2D eigenvalue weighted by molar-refractivity contribution is 6.31.